The van der Waals surface area contributed by atoms with E-state index in [0.717, 1.165) is 17.9 Å². The molecule has 2 N–H and O–H groups in total. The predicted molar refractivity (Wildman–Crippen MR) is 104 cm³/mol. The van der Waals surface area contributed by atoms with Crippen molar-refractivity contribution in [1.82, 2.24) is 15.5 Å². The van der Waals surface area contributed by atoms with E-state index in [0.29, 0.717) is 18.6 Å². The van der Waals surface area contributed by atoms with Crippen LogP contribution in [0.2, 0.25) is 0 Å². The largest absolute Gasteiger partial charge is 0.497 e. The van der Waals surface area contributed by atoms with Crippen LogP contribution in [0.25, 0.3) is 0 Å². The van der Waals surface area contributed by atoms with Gasteiger partial charge in [-0.1, -0.05) is 12.1 Å². The van der Waals surface area contributed by atoms with Crippen molar-refractivity contribution in [3.05, 3.63) is 29.8 Å². The maximum Gasteiger partial charge on any atom is 0.222 e. The van der Waals surface area contributed by atoms with Gasteiger partial charge in [0, 0.05) is 32.1 Å². The van der Waals surface area contributed by atoms with E-state index in [1.54, 1.807) is 7.11 Å². The van der Waals surface area contributed by atoms with E-state index in [1.807, 2.05) is 24.3 Å². The smallest absolute Gasteiger partial charge is 0.222 e. The predicted octanol–water partition coefficient (Wildman–Crippen LogP) is 2.50. The van der Waals surface area contributed by atoms with Gasteiger partial charge in [-0.05, 0) is 45.4 Å². The van der Waals surface area contributed by atoms with Crippen molar-refractivity contribution in [2.24, 2.45) is 0 Å². The molecule has 26 heavy (non-hydrogen) atoms. The number of hydrogen-bond donors (Lipinski definition) is 2. The normalized spacial score (nSPS) is 12.3. The highest BCUT2D eigenvalue weighted by Crippen LogP contribution is 2.20. The van der Waals surface area contributed by atoms with E-state index in [-0.39, 0.29) is 24.3 Å². The summed E-state index contributed by atoms with van der Waals surface area (Å²) in [5.41, 5.74) is 0.877. The van der Waals surface area contributed by atoms with Crippen LogP contribution < -0.4 is 15.4 Å². The van der Waals surface area contributed by atoms with Crippen LogP contribution in [0.3, 0.4) is 0 Å². The molecule has 2 amide bonds. The second-order valence-corrected chi connectivity index (χ2v) is 7.01. The highest BCUT2D eigenvalue weighted by atomic mass is 16.5. The number of amides is 2. The van der Waals surface area contributed by atoms with Gasteiger partial charge in [0.25, 0.3) is 0 Å². The van der Waals surface area contributed by atoms with E-state index in [2.05, 4.69) is 43.2 Å². The number of ether oxygens (including phenoxy) is 1. The summed E-state index contributed by atoms with van der Waals surface area (Å²) in [5, 5.41) is 5.81. The lowest BCUT2D eigenvalue weighted by atomic mass is 10.0. The standard InChI is InChI=1S/C20H33N3O3/c1-14(2)23(15(3)4)12-11-21-20(25)13-19(22-16(5)24)17-7-9-18(26-6)10-8-17/h7-10,14-15,19H,11-13H2,1-6H3,(H,21,25)(H,22,24). The molecule has 1 unspecified atom stereocenters. The molecule has 0 radical (unpaired) electrons. The van der Waals surface area contributed by atoms with Crippen LogP contribution in [0.4, 0.5) is 0 Å². The van der Waals surface area contributed by atoms with Gasteiger partial charge >= 0.3 is 0 Å². The fourth-order valence-electron chi connectivity index (χ4n) is 3.03. The first-order valence-corrected chi connectivity index (χ1v) is 9.18. The van der Waals surface area contributed by atoms with E-state index in [4.69, 9.17) is 4.74 Å². The topological polar surface area (TPSA) is 70.7 Å². The molecule has 0 aliphatic heterocycles. The first kappa shape index (κ1) is 22.0. The van der Waals surface area contributed by atoms with Crippen LogP contribution in [0.15, 0.2) is 24.3 Å². The molecule has 0 fully saturated rings. The summed E-state index contributed by atoms with van der Waals surface area (Å²) < 4.78 is 5.15. The Morgan fingerprint density at radius 3 is 2.12 bits per heavy atom. The molecule has 1 rings (SSSR count). The number of carbonyl (C=O) groups is 2. The zero-order valence-electron chi connectivity index (χ0n) is 16.8. The number of benzene rings is 1. The third-order valence-electron chi connectivity index (χ3n) is 4.30. The first-order chi connectivity index (χ1) is 12.2. The van der Waals surface area contributed by atoms with Crippen molar-refractivity contribution >= 4 is 11.8 Å². The van der Waals surface area contributed by atoms with Gasteiger partial charge in [-0.25, -0.2) is 0 Å². The number of methoxy groups -OCH3 is 1. The van der Waals surface area contributed by atoms with Gasteiger partial charge in [-0.2, -0.15) is 0 Å². The zero-order valence-corrected chi connectivity index (χ0v) is 16.8. The Balaban J connectivity index is 2.63. The van der Waals surface area contributed by atoms with Gasteiger partial charge in [0.1, 0.15) is 5.75 Å². The number of hydrogen-bond acceptors (Lipinski definition) is 4. The Labute approximate surface area is 157 Å². The number of rotatable bonds is 10. The fraction of sp³-hybridized carbons (Fsp3) is 0.600. The highest BCUT2D eigenvalue weighted by molar-refractivity contribution is 5.79. The SMILES string of the molecule is COc1ccc(C(CC(=O)NCCN(C(C)C)C(C)C)NC(C)=O)cc1. The van der Waals surface area contributed by atoms with Crippen molar-refractivity contribution in [3.8, 4) is 5.75 Å². The summed E-state index contributed by atoms with van der Waals surface area (Å²) in [7, 11) is 1.60. The molecule has 0 aliphatic carbocycles. The van der Waals surface area contributed by atoms with Crippen molar-refractivity contribution in [2.45, 2.75) is 59.2 Å². The molecule has 0 spiro atoms. The van der Waals surface area contributed by atoms with Crippen molar-refractivity contribution in [3.63, 3.8) is 0 Å². The summed E-state index contributed by atoms with van der Waals surface area (Å²) in [6.45, 7) is 11.4. The van der Waals surface area contributed by atoms with E-state index >= 15 is 0 Å². The van der Waals surface area contributed by atoms with E-state index in [9.17, 15) is 9.59 Å². The van der Waals surface area contributed by atoms with Gasteiger partial charge < -0.3 is 15.4 Å². The molecule has 0 bridgehead atoms. The molecule has 0 saturated heterocycles. The molecule has 1 atom stereocenters. The van der Waals surface area contributed by atoms with Crippen LogP contribution in [-0.4, -0.2) is 49.0 Å². The Kier molecular flexibility index (Phi) is 9.13. The lowest BCUT2D eigenvalue weighted by Gasteiger charge is -2.30. The number of carbonyl (C=O) groups excluding carboxylic acids is 2. The van der Waals surface area contributed by atoms with E-state index in [1.165, 1.54) is 6.92 Å². The second kappa shape index (κ2) is 10.8. The van der Waals surface area contributed by atoms with E-state index < -0.39 is 0 Å². The average Bonchev–Trinajstić information content (AvgIpc) is 2.57. The summed E-state index contributed by atoms with van der Waals surface area (Å²) in [4.78, 5) is 26.2. The molecule has 1 aromatic rings. The molecule has 1 aromatic carbocycles. The van der Waals surface area contributed by atoms with Gasteiger partial charge in [0.2, 0.25) is 11.8 Å². The molecule has 0 aliphatic rings. The minimum Gasteiger partial charge on any atom is -0.497 e. The summed E-state index contributed by atoms with van der Waals surface area (Å²) in [5.74, 6) is 0.499. The second-order valence-electron chi connectivity index (χ2n) is 7.01. The molecule has 6 heteroatoms. The molecule has 0 saturated carbocycles. The molecular formula is C20H33N3O3. The fourth-order valence-corrected chi connectivity index (χ4v) is 3.03. The first-order valence-electron chi connectivity index (χ1n) is 9.18. The number of nitrogens with one attached hydrogen (secondary N) is 2. The summed E-state index contributed by atoms with van der Waals surface area (Å²) in [6.07, 6.45) is 0.204. The number of nitrogens with zero attached hydrogens (tertiary/aromatic N) is 1. The minimum atomic E-state index is -0.357. The molecule has 146 valence electrons. The Bertz CT molecular complexity index is 562. The molecular weight excluding hydrogens is 330 g/mol. The summed E-state index contributed by atoms with van der Waals surface area (Å²) in [6, 6.07) is 7.88. The Morgan fingerprint density at radius 1 is 1.08 bits per heavy atom. The Hall–Kier alpha value is -2.08. The van der Waals surface area contributed by atoms with Crippen LogP contribution in [0.5, 0.6) is 5.75 Å². The quantitative estimate of drug-likeness (QED) is 0.670. The van der Waals surface area contributed by atoms with Crippen LogP contribution in [0, 0.1) is 0 Å². The average molecular weight is 364 g/mol. The lowest BCUT2D eigenvalue weighted by Crippen LogP contribution is -2.43. The lowest BCUT2D eigenvalue weighted by molar-refractivity contribution is -0.122. The van der Waals surface area contributed by atoms with Gasteiger partial charge in [0.15, 0.2) is 0 Å². The van der Waals surface area contributed by atoms with Crippen LogP contribution in [0.1, 0.15) is 52.6 Å². The molecule has 0 aromatic heterocycles. The van der Waals surface area contributed by atoms with Crippen LogP contribution >= 0.6 is 0 Å². The highest BCUT2D eigenvalue weighted by Gasteiger charge is 2.18. The third kappa shape index (κ3) is 7.44. The monoisotopic (exact) mass is 363 g/mol. The zero-order chi connectivity index (χ0) is 19.7. The minimum absolute atomic E-state index is 0.0768. The third-order valence-corrected chi connectivity index (χ3v) is 4.30. The summed E-state index contributed by atoms with van der Waals surface area (Å²) >= 11 is 0. The Morgan fingerprint density at radius 2 is 1.65 bits per heavy atom. The molecule has 0 heterocycles. The van der Waals surface area contributed by atoms with Crippen molar-refractivity contribution in [2.75, 3.05) is 20.2 Å². The van der Waals surface area contributed by atoms with Gasteiger partial charge in [-0.15, -0.1) is 0 Å². The van der Waals surface area contributed by atoms with Gasteiger partial charge in [-0.3, -0.25) is 14.5 Å². The van der Waals surface area contributed by atoms with Gasteiger partial charge in [0.05, 0.1) is 19.6 Å². The van der Waals surface area contributed by atoms with Crippen LogP contribution in [-0.2, 0) is 9.59 Å². The van der Waals surface area contributed by atoms with Crippen molar-refractivity contribution in [1.29, 1.82) is 0 Å². The maximum absolute atomic E-state index is 12.3. The molecule has 6 nitrogen and oxygen atoms in total. The maximum atomic E-state index is 12.3. The van der Waals surface area contributed by atoms with Crippen molar-refractivity contribution < 1.29 is 14.3 Å².